The first-order valence-corrected chi connectivity index (χ1v) is 5.06. The molecule has 1 rings (SSSR count). The molecule has 0 aliphatic rings. The van der Waals surface area contributed by atoms with Crippen LogP contribution in [0.25, 0.3) is 0 Å². The minimum absolute atomic E-state index is 0.198. The third-order valence-electron chi connectivity index (χ3n) is 2.09. The molecule has 0 N–H and O–H groups in total. The molecular formula is C11H15ClFN. The summed E-state index contributed by atoms with van der Waals surface area (Å²) in [5, 5.41) is 0.531. The Morgan fingerprint density at radius 3 is 2.64 bits per heavy atom. The van der Waals surface area contributed by atoms with Crippen LogP contribution in [-0.2, 0) is 6.42 Å². The van der Waals surface area contributed by atoms with Gasteiger partial charge < -0.3 is 4.90 Å². The summed E-state index contributed by atoms with van der Waals surface area (Å²) in [6, 6.07) is 4.82. The SMILES string of the molecule is CN(C)CCCc1c(F)cccc1Cl. The lowest BCUT2D eigenvalue weighted by atomic mass is 10.1. The molecule has 0 unspecified atom stereocenters. The van der Waals surface area contributed by atoms with Gasteiger partial charge in [-0.25, -0.2) is 4.39 Å². The second-order valence-electron chi connectivity index (χ2n) is 3.61. The summed E-state index contributed by atoms with van der Waals surface area (Å²) in [7, 11) is 4.01. The number of rotatable bonds is 4. The van der Waals surface area contributed by atoms with Crippen LogP contribution < -0.4 is 0 Å². The molecule has 78 valence electrons. The smallest absolute Gasteiger partial charge is 0.127 e. The van der Waals surface area contributed by atoms with Gasteiger partial charge in [0.2, 0.25) is 0 Å². The molecule has 1 aromatic rings. The molecule has 0 bridgehead atoms. The standard InChI is InChI=1S/C11H15ClFN/c1-14(2)8-4-5-9-10(12)6-3-7-11(9)13/h3,6-7H,4-5,8H2,1-2H3. The van der Waals surface area contributed by atoms with Crippen molar-refractivity contribution in [2.24, 2.45) is 0 Å². The van der Waals surface area contributed by atoms with E-state index < -0.39 is 0 Å². The Hall–Kier alpha value is -0.600. The second kappa shape index (κ2) is 5.32. The van der Waals surface area contributed by atoms with Crippen LogP contribution in [0, 0.1) is 5.82 Å². The minimum Gasteiger partial charge on any atom is -0.309 e. The fraction of sp³-hybridized carbons (Fsp3) is 0.455. The molecule has 1 nitrogen and oxygen atoms in total. The lowest BCUT2D eigenvalue weighted by Gasteiger charge is -2.10. The van der Waals surface area contributed by atoms with Crippen LogP contribution in [0.15, 0.2) is 18.2 Å². The molecule has 0 atom stereocenters. The van der Waals surface area contributed by atoms with Crippen molar-refractivity contribution >= 4 is 11.6 Å². The van der Waals surface area contributed by atoms with Gasteiger partial charge in [-0.15, -0.1) is 0 Å². The van der Waals surface area contributed by atoms with Crippen molar-refractivity contribution in [2.75, 3.05) is 20.6 Å². The van der Waals surface area contributed by atoms with Gasteiger partial charge in [0, 0.05) is 10.6 Å². The lowest BCUT2D eigenvalue weighted by molar-refractivity contribution is 0.399. The van der Waals surface area contributed by atoms with E-state index in [1.54, 1.807) is 12.1 Å². The van der Waals surface area contributed by atoms with Gasteiger partial charge in [-0.2, -0.15) is 0 Å². The Bertz CT molecular complexity index is 279. The first-order valence-electron chi connectivity index (χ1n) is 4.69. The van der Waals surface area contributed by atoms with E-state index in [0.29, 0.717) is 17.0 Å². The highest BCUT2D eigenvalue weighted by molar-refractivity contribution is 6.31. The Morgan fingerprint density at radius 2 is 2.07 bits per heavy atom. The zero-order chi connectivity index (χ0) is 10.6. The fourth-order valence-corrected chi connectivity index (χ4v) is 1.60. The van der Waals surface area contributed by atoms with E-state index >= 15 is 0 Å². The third kappa shape index (κ3) is 3.28. The molecule has 0 aromatic heterocycles. The molecule has 0 fully saturated rings. The van der Waals surface area contributed by atoms with E-state index in [9.17, 15) is 4.39 Å². The minimum atomic E-state index is -0.198. The monoisotopic (exact) mass is 215 g/mol. The van der Waals surface area contributed by atoms with Crippen molar-refractivity contribution < 1.29 is 4.39 Å². The number of halogens is 2. The Balaban J connectivity index is 2.58. The van der Waals surface area contributed by atoms with E-state index in [4.69, 9.17) is 11.6 Å². The fourth-order valence-electron chi connectivity index (χ4n) is 1.34. The molecule has 0 saturated heterocycles. The predicted octanol–water partition coefficient (Wildman–Crippen LogP) is 2.97. The van der Waals surface area contributed by atoms with Crippen LogP contribution in [0.5, 0.6) is 0 Å². The average Bonchev–Trinajstić information content (AvgIpc) is 2.09. The number of benzene rings is 1. The highest BCUT2D eigenvalue weighted by atomic mass is 35.5. The summed E-state index contributed by atoms with van der Waals surface area (Å²) in [6.45, 7) is 0.949. The summed E-state index contributed by atoms with van der Waals surface area (Å²) in [6.07, 6.45) is 1.62. The Morgan fingerprint density at radius 1 is 1.36 bits per heavy atom. The van der Waals surface area contributed by atoms with Gasteiger partial charge in [0.1, 0.15) is 5.82 Å². The molecule has 0 aliphatic carbocycles. The van der Waals surface area contributed by atoms with Crippen LogP contribution in [0.1, 0.15) is 12.0 Å². The van der Waals surface area contributed by atoms with E-state index in [1.165, 1.54) is 6.07 Å². The summed E-state index contributed by atoms with van der Waals surface area (Å²) in [5.74, 6) is -0.198. The normalized spacial score (nSPS) is 10.9. The molecule has 0 saturated carbocycles. The predicted molar refractivity (Wildman–Crippen MR) is 58.3 cm³/mol. The van der Waals surface area contributed by atoms with Crippen molar-refractivity contribution in [1.29, 1.82) is 0 Å². The van der Waals surface area contributed by atoms with Gasteiger partial charge in [-0.3, -0.25) is 0 Å². The molecule has 0 heterocycles. The maximum Gasteiger partial charge on any atom is 0.127 e. The van der Waals surface area contributed by atoms with Crippen LogP contribution >= 0.6 is 11.6 Å². The second-order valence-corrected chi connectivity index (χ2v) is 4.01. The Kier molecular flexibility index (Phi) is 4.36. The molecule has 0 spiro atoms. The summed E-state index contributed by atoms with van der Waals surface area (Å²) in [4.78, 5) is 2.08. The zero-order valence-electron chi connectivity index (χ0n) is 8.56. The molecular weight excluding hydrogens is 201 g/mol. The Labute approximate surface area is 89.5 Å². The molecule has 0 amide bonds. The van der Waals surface area contributed by atoms with Crippen LogP contribution in [-0.4, -0.2) is 25.5 Å². The highest BCUT2D eigenvalue weighted by Crippen LogP contribution is 2.20. The number of hydrogen-bond donors (Lipinski definition) is 0. The average molecular weight is 216 g/mol. The van der Waals surface area contributed by atoms with Gasteiger partial charge >= 0.3 is 0 Å². The van der Waals surface area contributed by atoms with E-state index in [0.717, 1.165) is 13.0 Å². The molecule has 14 heavy (non-hydrogen) atoms. The van der Waals surface area contributed by atoms with Crippen molar-refractivity contribution in [1.82, 2.24) is 4.90 Å². The van der Waals surface area contributed by atoms with Gasteiger partial charge in [0.15, 0.2) is 0 Å². The van der Waals surface area contributed by atoms with Crippen molar-refractivity contribution in [3.63, 3.8) is 0 Å². The first-order chi connectivity index (χ1) is 6.61. The quantitative estimate of drug-likeness (QED) is 0.747. The first kappa shape index (κ1) is 11.5. The summed E-state index contributed by atoms with van der Waals surface area (Å²) < 4.78 is 13.3. The van der Waals surface area contributed by atoms with Crippen molar-refractivity contribution in [3.8, 4) is 0 Å². The molecule has 0 radical (unpaired) electrons. The van der Waals surface area contributed by atoms with Crippen molar-refractivity contribution in [3.05, 3.63) is 34.6 Å². The molecule has 3 heteroatoms. The van der Waals surface area contributed by atoms with Crippen LogP contribution in [0.2, 0.25) is 5.02 Å². The van der Waals surface area contributed by atoms with Crippen LogP contribution in [0.4, 0.5) is 4.39 Å². The highest BCUT2D eigenvalue weighted by Gasteiger charge is 2.05. The maximum atomic E-state index is 13.3. The van der Waals surface area contributed by atoms with Gasteiger partial charge in [-0.05, 0) is 45.6 Å². The lowest BCUT2D eigenvalue weighted by Crippen LogP contribution is -2.13. The molecule has 1 aromatic carbocycles. The van der Waals surface area contributed by atoms with Gasteiger partial charge in [-0.1, -0.05) is 17.7 Å². The van der Waals surface area contributed by atoms with E-state index in [-0.39, 0.29) is 5.82 Å². The van der Waals surface area contributed by atoms with Crippen LogP contribution in [0.3, 0.4) is 0 Å². The maximum absolute atomic E-state index is 13.3. The van der Waals surface area contributed by atoms with E-state index in [1.807, 2.05) is 14.1 Å². The topological polar surface area (TPSA) is 3.24 Å². The van der Waals surface area contributed by atoms with E-state index in [2.05, 4.69) is 4.90 Å². The zero-order valence-corrected chi connectivity index (χ0v) is 9.31. The molecule has 0 aliphatic heterocycles. The number of nitrogens with zero attached hydrogens (tertiary/aromatic N) is 1. The van der Waals surface area contributed by atoms with Gasteiger partial charge in [0.05, 0.1) is 0 Å². The largest absolute Gasteiger partial charge is 0.309 e. The summed E-state index contributed by atoms with van der Waals surface area (Å²) in [5.41, 5.74) is 0.635. The third-order valence-corrected chi connectivity index (χ3v) is 2.45. The number of hydrogen-bond acceptors (Lipinski definition) is 1. The summed E-state index contributed by atoms with van der Waals surface area (Å²) >= 11 is 5.89. The van der Waals surface area contributed by atoms with Gasteiger partial charge in [0.25, 0.3) is 0 Å². The van der Waals surface area contributed by atoms with Crippen molar-refractivity contribution in [2.45, 2.75) is 12.8 Å².